The van der Waals surface area contributed by atoms with E-state index in [0.29, 0.717) is 30.4 Å². The lowest BCUT2D eigenvalue weighted by Crippen LogP contribution is -2.39. The molecule has 2 amide bonds. The summed E-state index contributed by atoms with van der Waals surface area (Å²) in [5.74, 6) is -0.217. The molecule has 30 heavy (non-hydrogen) atoms. The van der Waals surface area contributed by atoms with E-state index < -0.39 is 18.0 Å². The first-order valence-corrected chi connectivity index (χ1v) is 9.25. The van der Waals surface area contributed by atoms with E-state index in [0.717, 1.165) is 0 Å². The normalized spacial score (nSPS) is 18.7. The molecule has 158 valence electrons. The van der Waals surface area contributed by atoms with Crippen LogP contribution in [0.2, 0.25) is 0 Å². The highest BCUT2D eigenvalue weighted by atomic mass is 19.1. The lowest BCUT2D eigenvalue weighted by molar-refractivity contribution is -0.119. The highest BCUT2D eigenvalue weighted by Gasteiger charge is 2.33. The average molecular weight is 417 g/mol. The number of nitrogens with one attached hydrogen (secondary N) is 1. The molecule has 1 atom stereocenters. The molecule has 3 heterocycles. The zero-order valence-electron chi connectivity index (χ0n) is 16.4. The summed E-state index contributed by atoms with van der Waals surface area (Å²) in [4.78, 5) is 26.2. The maximum atomic E-state index is 14.8. The first-order chi connectivity index (χ1) is 14.4. The summed E-state index contributed by atoms with van der Waals surface area (Å²) in [5.41, 5.74) is 0.716. The highest BCUT2D eigenvalue weighted by Crippen LogP contribution is 2.28. The molecule has 0 saturated carbocycles. The molecule has 1 N–H and O–H groups in total. The number of hydrogen-bond donors (Lipinski definition) is 1. The fourth-order valence-electron chi connectivity index (χ4n) is 3.21. The molecular weight excluding hydrogens is 397 g/mol. The smallest absolute Gasteiger partial charge is 0.414 e. The Hall–Kier alpha value is -3.77. The van der Waals surface area contributed by atoms with Crippen LogP contribution in [0.5, 0.6) is 0 Å². The molecule has 2 aromatic rings. The lowest BCUT2D eigenvalue weighted by Gasteiger charge is -2.29. The number of amides is 2. The second kappa shape index (κ2) is 7.93. The number of nitrogens with zero attached hydrogens (tertiary/aromatic N) is 8. The van der Waals surface area contributed by atoms with Crippen molar-refractivity contribution in [1.29, 1.82) is 0 Å². The molecular formula is C17H20FN9O3. The number of aromatic nitrogens is 4. The van der Waals surface area contributed by atoms with E-state index >= 15 is 0 Å². The second-order valence-electron chi connectivity index (χ2n) is 6.84. The molecule has 1 aromatic carbocycles. The van der Waals surface area contributed by atoms with Gasteiger partial charge in [-0.3, -0.25) is 9.69 Å². The number of halogens is 1. The number of rotatable bonds is 5. The number of aryl methyl sites for hydroxylation is 1. The van der Waals surface area contributed by atoms with Gasteiger partial charge in [-0.25, -0.2) is 18.9 Å². The fraction of sp³-hybridized carbons (Fsp3) is 0.412. The summed E-state index contributed by atoms with van der Waals surface area (Å²) in [6, 6.07) is 4.52. The van der Waals surface area contributed by atoms with Gasteiger partial charge in [0.2, 0.25) is 5.91 Å². The maximum absolute atomic E-state index is 14.8. The molecule has 1 fully saturated rings. The molecule has 1 saturated heterocycles. The third-order valence-electron chi connectivity index (χ3n) is 4.72. The predicted molar refractivity (Wildman–Crippen MR) is 105 cm³/mol. The minimum absolute atomic E-state index is 0.208. The van der Waals surface area contributed by atoms with Crippen molar-refractivity contribution in [1.82, 2.24) is 25.5 Å². The fourth-order valence-corrected chi connectivity index (χ4v) is 3.21. The minimum atomic E-state index is -0.579. The number of hydrazone groups is 1. The maximum Gasteiger partial charge on any atom is 0.414 e. The van der Waals surface area contributed by atoms with Crippen molar-refractivity contribution in [2.24, 2.45) is 12.1 Å². The lowest BCUT2D eigenvalue weighted by atomic mass is 10.2. The van der Waals surface area contributed by atoms with Gasteiger partial charge in [0.15, 0.2) is 0 Å². The van der Waals surface area contributed by atoms with E-state index in [1.165, 1.54) is 28.9 Å². The number of carbonyl (C=O) groups excluding carboxylic acids is 2. The van der Waals surface area contributed by atoms with Crippen LogP contribution in [0.25, 0.3) is 0 Å². The number of anilines is 3. The topological polar surface area (TPSA) is 121 Å². The van der Waals surface area contributed by atoms with Crippen LogP contribution in [-0.2, 0) is 16.6 Å². The van der Waals surface area contributed by atoms with Crippen molar-refractivity contribution in [2.75, 3.05) is 41.0 Å². The van der Waals surface area contributed by atoms with Crippen LogP contribution in [-0.4, -0.2) is 70.8 Å². The van der Waals surface area contributed by atoms with Crippen molar-refractivity contribution in [3.05, 3.63) is 24.0 Å². The van der Waals surface area contributed by atoms with E-state index in [9.17, 15) is 14.0 Å². The summed E-state index contributed by atoms with van der Waals surface area (Å²) < 4.78 is 21.5. The van der Waals surface area contributed by atoms with Gasteiger partial charge in [0.25, 0.3) is 5.95 Å². The van der Waals surface area contributed by atoms with Gasteiger partial charge in [0, 0.05) is 20.5 Å². The van der Waals surface area contributed by atoms with Gasteiger partial charge in [-0.05, 0) is 28.6 Å². The van der Waals surface area contributed by atoms with Crippen LogP contribution in [0.15, 0.2) is 23.3 Å². The Balaban J connectivity index is 1.44. The van der Waals surface area contributed by atoms with Crippen molar-refractivity contribution >= 4 is 35.7 Å². The minimum Gasteiger partial charge on any atom is -0.442 e. The quantitative estimate of drug-likeness (QED) is 0.726. The summed E-state index contributed by atoms with van der Waals surface area (Å²) >= 11 is 0. The second-order valence-corrected chi connectivity index (χ2v) is 6.84. The van der Waals surface area contributed by atoms with Gasteiger partial charge in [0.1, 0.15) is 18.3 Å². The highest BCUT2D eigenvalue weighted by molar-refractivity contribution is 5.90. The van der Waals surface area contributed by atoms with E-state index in [4.69, 9.17) is 4.74 Å². The Morgan fingerprint density at radius 1 is 1.37 bits per heavy atom. The van der Waals surface area contributed by atoms with Gasteiger partial charge in [-0.2, -0.15) is 5.10 Å². The number of hydrogen-bond acceptors (Lipinski definition) is 9. The standard InChI is InChI=1S/C17H20FN9O3/c1-11(28)19-8-13-9-26(17(29)30-13)12-3-4-15(14(18)7-12)25-5-6-27(20-10-25)16-21-22-23-24(16)2/h3-4,7,10,13H,5-6,8-9H2,1-2H3,(H,19,28)/t13-/m0/s1. The summed E-state index contributed by atoms with van der Waals surface area (Å²) in [7, 11) is 1.71. The van der Waals surface area contributed by atoms with Crippen LogP contribution >= 0.6 is 0 Å². The Kier molecular flexibility index (Phi) is 5.16. The van der Waals surface area contributed by atoms with Crippen molar-refractivity contribution in [3.63, 3.8) is 0 Å². The van der Waals surface area contributed by atoms with Crippen LogP contribution in [0.4, 0.5) is 26.5 Å². The van der Waals surface area contributed by atoms with Crippen LogP contribution < -0.4 is 20.1 Å². The van der Waals surface area contributed by atoms with E-state index in [1.54, 1.807) is 29.1 Å². The summed E-state index contributed by atoms with van der Waals surface area (Å²) in [5, 5.41) is 19.7. The molecule has 0 bridgehead atoms. The molecule has 2 aliphatic heterocycles. The van der Waals surface area contributed by atoms with Crippen molar-refractivity contribution in [3.8, 4) is 0 Å². The monoisotopic (exact) mass is 417 g/mol. The van der Waals surface area contributed by atoms with Gasteiger partial charge < -0.3 is 15.0 Å². The van der Waals surface area contributed by atoms with E-state index in [2.05, 4.69) is 25.9 Å². The zero-order valence-corrected chi connectivity index (χ0v) is 16.4. The zero-order chi connectivity index (χ0) is 21.3. The third kappa shape index (κ3) is 3.86. The predicted octanol–water partition coefficient (Wildman–Crippen LogP) is 0.0804. The Morgan fingerprint density at radius 2 is 2.20 bits per heavy atom. The summed E-state index contributed by atoms with van der Waals surface area (Å²) in [6.45, 7) is 2.76. The first kappa shape index (κ1) is 19.5. The molecule has 1 aromatic heterocycles. The number of ether oxygens (including phenoxy) is 1. The Morgan fingerprint density at radius 3 is 2.83 bits per heavy atom. The molecule has 4 rings (SSSR count). The molecule has 0 aliphatic carbocycles. The van der Waals surface area contributed by atoms with E-state index in [-0.39, 0.29) is 19.0 Å². The molecule has 0 radical (unpaired) electrons. The first-order valence-electron chi connectivity index (χ1n) is 9.25. The SMILES string of the molecule is CC(=O)NC[C@H]1CN(c2ccc(N3C=NN(c4nnnn4C)CC3)c(F)c2)C(=O)O1. The van der Waals surface area contributed by atoms with E-state index in [1.807, 2.05) is 0 Å². The molecule has 0 spiro atoms. The van der Waals surface area contributed by atoms with Gasteiger partial charge >= 0.3 is 6.09 Å². The molecule has 0 unspecified atom stereocenters. The van der Waals surface area contributed by atoms with Gasteiger partial charge in [0.05, 0.1) is 31.0 Å². The van der Waals surface area contributed by atoms with Crippen LogP contribution in [0, 0.1) is 5.82 Å². The Labute approximate surface area is 170 Å². The number of carbonyl (C=O) groups is 2. The summed E-state index contributed by atoms with van der Waals surface area (Å²) in [6.07, 6.45) is 0.438. The number of cyclic esters (lactones) is 1. The van der Waals surface area contributed by atoms with Crippen LogP contribution in [0.1, 0.15) is 6.92 Å². The third-order valence-corrected chi connectivity index (χ3v) is 4.72. The molecule has 12 nitrogen and oxygen atoms in total. The van der Waals surface area contributed by atoms with Crippen molar-refractivity contribution in [2.45, 2.75) is 13.0 Å². The molecule has 13 heteroatoms. The van der Waals surface area contributed by atoms with Gasteiger partial charge in [-0.15, -0.1) is 0 Å². The van der Waals surface area contributed by atoms with Gasteiger partial charge in [-0.1, -0.05) is 5.10 Å². The molecule has 2 aliphatic rings. The Bertz CT molecular complexity index is 995. The number of benzene rings is 1. The largest absolute Gasteiger partial charge is 0.442 e. The number of tetrazole rings is 1. The van der Waals surface area contributed by atoms with Crippen molar-refractivity contribution < 1.29 is 18.7 Å². The average Bonchev–Trinajstić information content (AvgIpc) is 3.32. The van der Waals surface area contributed by atoms with Crippen LogP contribution in [0.3, 0.4) is 0 Å².